The van der Waals surface area contributed by atoms with E-state index < -0.39 is 23.4 Å². The fraction of sp³-hybridized carbons (Fsp3) is 0.280. The second kappa shape index (κ2) is 10.6. The van der Waals surface area contributed by atoms with E-state index in [0.717, 1.165) is 11.1 Å². The van der Waals surface area contributed by atoms with Crippen molar-refractivity contribution in [3.05, 3.63) is 65.7 Å². The van der Waals surface area contributed by atoms with Gasteiger partial charge in [-0.05, 0) is 49.6 Å². The maximum absolute atomic E-state index is 13.0. The van der Waals surface area contributed by atoms with Crippen molar-refractivity contribution in [1.29, 1.82) is 0 Å². The second-order valence-electron chi connectivity index (χ2n) is 7.77. The molecule has 0 aromatic heterocycles. The maximum Gasteiger partial charge on any atom is 0.335 e. The molecule has 0 spiro atoms. The van der Waals surface area contributed by atoms with Gasteiger partial charge in [0.15, 0.2) is 17.4 Å². The predicted octanol–water partition coefficient (Wildman–Crippen LogP) is 1.75. The van der Waals surface area contributed by atoms with Crippen LogP contribution < -0.4 is 16.5 Å². The van der Waals surface area contributed by atoms with Gasteiger partial charge in [-0.1, -0.05) is 42.2 Å². The van der Waals surface area contributed by atoms with Gasteiger partial charge < -0.3 is 21.2 Å². The molecule has 8 heteroatoms. The normalized spacial score (nSPS) is 17.7. The molecule has 2 atom stereocenters. The van der Waals surface area contributed by atoms with Gasteiger partial charge in [0.05, 0.1) is 6.21 Å². The summed E-state index contributed by atoms with van der Waals surface area (Å²) in [5.74, 6) is 8.94. The summed E-state index contributed by atoms with van der Waals surface area (Å²) in [6.07, 6.45) is 1.23. The van der Waals surface area contributed by atoms with Crippen molar-refractivity contribution in [2.24, 2.45) is 16.7 Å². The molecule has 170 valence electrons. The van der Waals surface area contributed by atoms with Gasteiger partial charge in [-0.15, -0.1) is 0 Å². The number of rotatable bonds is 6. The van der Waals surface area contributed by atoms with Crippen molar-refractivity contribution in [2.75, 3.05) is 11.4 Å². The first-order valence-corrected chi connectivity index (χ1v) is 10.5. The van der Waals surface area contributed by atoms with Crippen LogP contribution in [0.1, 0.15) is 37.3 Å². The number of esters is 1. The summed E-state index contributed by atoms with van der Waals surface area (Å²) in [6, 6.07) is 16.2. The Kier molecular flexibility index (Phi) is 7.59. The summed E-state index contributed by atoms with van der Waals surface area (Å²) in [4.78, 5) is 39.7. The van der Waals surface area contributed by atoms with Gasteiger partial charge in [0.2, 0.25) is 0 Å². The zero-order chi connectivity index (χ0) is 23.8. The number of anilines is 1. The number of ether oxygens (including phenoxy) is 1. The van der Waals surface area contributed by atoms with Crippen LogP contribution >= 0.6 is 0 Å². The van der Waals surface area contributed by atoms with Crippen molar-refractivity contribution in [3.8, 4) is 11.8 Å². The number of hydrazone groups is 1. The van der Waals surface area contributed by atoms with Crippen LogP contribution in [0.25, 0.3) is 0 Å². The van der Waals surface area contributed by atoms with Crippen molar-refractivity contribution < 1.29 is 19.1 Å². The molecule has 0 bridgehead atoms. The monoisotopic (exact) mass is 446 g/mol. The Morgan fingerprint density at radius 1 is 1.21 bits per heavy atom. The largest absolute Gasteiger partial charge is 0.451 e. The third kappa shape index (κ3) is 5.64. The molecule has 0 saturated carbocycles. The highest BCUT2D eigenvalue weighted by molar-refractivity contribution is 6.08. The van der Waals surface area contributed by atoms with Gasteiger partial charge in [0.25, 0.3) is 5.91 Å². The fourth-order valence-electron chi connectivity index (χ4n) is 3.42. The van der Waals surface area contributed by atoms with E-state index in [2.05, 4.69) is 16.9 Å². The quantitative estimate of drug-likeness (QED) is 0.174. The smallest absolute Gasteiger partial charge is 0.335 e. The van der Waals surface area contributed by atoms with E-state index in [0.29, 0.717) is 25.1 Å². The van der Waals surface area contributed by atoms with E-state index in [1.807, 2.05) is 30.3 Å². The Hall–Kier alpha value is -3.96. The minimum atomic E-state index is -1.95. The number of nitrogens with two attached hydrogens (primary N) is 2. The minimum Gasteiger partial charge on any atom is -0.451 e. The lowest BCUT2D eigenvalue weighted by atomic mass is 9.92. The van der Waals surface area contributed by atoms with Gasteiger partial charge in [-0.25, -0.2) is 4.79 Å². The third-order valence-corrected chi connectivity index (χ3v) is 5.43. The molecule has 1 heterocycles. The number of carbonyl (C=O) groups excluding carboxylic acids is 3. The standard InChI is InChI=1S/C25H26N4O4/c1-18(30)25(26,15-5-9-19-7-3-2-4-8-19)24(32)33-22-10-6-16-29(23(22)31)21-13-11-20(12-14-21)17-28-27/h2-4,7-8,11-14,17,22H,6,10,15-16,26-27H2,1H3. The lowest BCUT2D eigenvalue weighted by Gasteiger charge is -2.33. The Bertz CT molecular complexity index is 1100. The number of benzene rings is 2. The number of Topliss-reactive ketones (excluding diaryl/α,β-unsaturated/α-hetero) is 1. The number of nitrogens with zero attached hydrogens (tertiary/aromatic N) is 2. The van der Waals surface area contributed by atoms with Crippen molar-refractivity contribution in [2.45, 2.75) is 37.8 Å². The second-order valence-corrected chi connectivity index (χ2v) is 7.77. The molecule has 0 aliphatic carbocycles. The van der Waals surface area contributed by atoms with Crippen molar-refractivity contribution in [3.63, 3.8) is 0 Å². The molecule has 2 aromatic rings. The average molecular weight is 447 g/mol. The average Bonchev–Trinajstić information content (AvgIpc) is 2.81. The molecule has 1 amide bonds. The molecule has 1 aliphatic heterocycles. The Balaban J connectivity index is 1.71. The van der Waals surface area contributed by atoms with E-state index >= 15 is 0 Å². The SMILES string of the molecule is CC(=O)C(N)(CC#Cc1ccccc1)C(=O)OC1CCCN(c2ccc(C=NN)cc2)C1=O. The van der Waals surface area contributed by atoms with Crippen LogP contribution in [-0.4, -0.2) is 42.1 Å². The number of piperidine rings is 1. The van der Waals surface area contributed by atoms with Gasteiger partial charge in [-0.3, -0.25) is 9.59 Å². The van der Waals surface area contributed by atoms with Crippen molar-refractivity contribution >= 4 is 29.6 Å². The van der Waals surface area contributed by atoms with Crippen LogP contribution in [0.3, 0.4) is 0 Å². The fourth-order valence-corrected chi connectivity index (χ4v) is 3.42. The topological polar surface area (TPSA) is 128 Å². The molecule has 4 N–H and O–H groups in total. The summed E-state index contributed by atoms with van der Waals surface area (Å²) in [5, 5.41) is 3.47. The highest BCUT2D eigenvalue weighted by Crippen LogP contribution is 2.24. The van der Waals surface area contributed by atoms with Crippen molar-refractivity contribution in [1.82, 2.24) is 0 Å². The highest BCUT2D eigenvalue weighted by Gasteiger charge is 2.43. The van der Waals surface area contributed by atoms with E-state index in [1.54, 1.807) is 29.2 Å². The lowest BCUT2D eigenvalue weighted by molar-refractivity contribution is -0.163. The van der Waals surface area contributed by atoms with Crippen LogP contribution in [0, 0.1) is 11.8 Å². The van der Waals surface area contributed by atoms with Crippen LogP contribution in [0.2, 0.25) is 0 Å². The van der Waals surface area contributed by atoms with Crippen LogP contribution in [-0.2, 0) is 19.1 Å². The molecule has 3 rings (SSSR count). The third-order valence-electron chi connectivity index (χ3n) is 5.43. The van der Waals surface area contributed by atoms with E-state index in [9.17, 15) is 14.4 Å². The molecule has 0 radical (unpaired) electrons. The molecule has 2 unspecified atom stereocenters. The van der Waals surface area contributed by atoms with E-state index in [1.165, 1.54) is 13.1 Å². The molecule has 1 saturated heterocycles. The number of hydrogen-bond donors (Lipinski definition) is 2. The maximum atomic E-state index is 13.0. The van der Waals surface area contributed by atoms with Gasteiger partial charge in [-0.2, -0.15) is 5.10 Å². The first kappa shape index (κ1) is 23.7. The zero-order valence-electron chi connectivity index (χ0n) is 18.4. The Morgan fingerprint density at radius 3 is 2.55 bits per heavy atom. The van der Waals surface area contributed by atoms with Gasteiger partial charge in [0.1, 0.15) is 0 Å². The minimum absolute atomic E-state index is 0.217. The summed E-state index contributed by atoms with van der Waals surface area (Å²) in [6.45, 7) is 1.70. The molecule has 8 nitrogen and oxygen atoms in total. The molecule has 1 fully saturated rings. The molecule has 2 aromatic carbocycles. The Morgan fingerprint density at radius 2 is 1.91 bits per heavy atom. The van der Waals surface area contributed by atoms with Crippen LogP contribution in [0.4, 0.5) is 5.69 Å². The van der Waals surface area contributed by atoms with Crippen LogP contribution in [0.15, 0.2) is 59.7 Å². The molecule has 33 heavy (non-hydrogen) atoms. The zero-order valence-corrected chi connectivity index (χ0v) is 18.4. The van der Waals surface area contributed by atoms with E-state index in [4.69, 9.17) is 16.3 Å². The molecular weight excluding hydrogens is 420 g/mol. The first-order chi connectivity index (χ1) is 15.8. The van der Waals surface area contributed by atoms with Gasteiger partial charge in [0, 0.05) is 24.2 Å². The number of hydrogen-bond acceptors (Lipinski definition) is 7. The van der Waals surface area contributed by atoms with Crippen LogP contribution in [0.5, 0.6) is 0 Å². The summed E-state index contributed by atoms with van der Waals surface area (Å²) in [5.41, 5.74) is 6.36. The number of carbonyl (C=O) groups is 3. The lowest BCUT2D eigenvalue weighted by Crippen LogP contribution is -2.57. The van der Waals surface area contributed by atoms with Gasteiger partial charge >= 0.3 is 5.97 Å². The molecule has 1 aliphatic rings. The Labute approximate surface area is 192 Å². The summed E-state index contributed by atoms with van der Waals surface area (Å²) in [7, 11) is 0. The first-order valence-electron chi connectivity index (χ1n) is 10.5. The predicted molar refractivity (Wildman–Crippen MR) is 125 cm³/mol. The number of amides is 1. The molecular formula is C25H26N4O4. The summed E-state index contributed by atoms with van der Waals surface area (Å²) < 4.78 is 5.47. The van der Waals surface area contributed by atoms with E-state index in [-0.39, 0.29) is 12.3 Å². The number of ketones is 1. The highest BCUT2D eigenvalue weighted by atomic mass is 16.6. The summed E-state index contributed by atoms with van der Waals surface area (Å²) >= 11 is 0.